The first kappa shape index (κ1) is 22.7. The van der Waals surface area contributed by atoms with Gasteiger partial charge in [0.1, 0.15) is 0 Å². The Labute approximate surface area is 199 Å². The molecule has 168 valence electrons. The molecule has 0 aliphatic carbocycles. The van der Waals surface area contributed by atoms with Crippen molar-refractivity contribution >= 4 is 17.8 Å². The zero-order valence-electron chi connectivity index (χ0n) is 19.0. The predicted molar refractivity (Wildman–Crippen MR) is 134 cm³/mol. The zero-order valence-corrected chi connectivity index (χ0v) is 19.0. The van der Waals surface area contributed by atoms with E-state index in [2.05, 4.69) is 0 Å². The summed E-state index contributed by atoms with van der Waals surface area (Å²) in [6.45, 7) is 1.95. The Bertz CT molecular complexity index is 1320. The summed E-state index contributed by atoms with van der Waals surface area (Å²) in [5, 5.41) is 0. The molecule has 0 fully saturated rings. The van der Waals surface area contributed by atoms with Crippen molar-refractivity contribution in [1.82, 2.24) is 0 Å². The van der Waals surface area contributed by atoms with Crippen LogP contribution in [0.5, 0.6) is 11.5 Å². The fourth-order valence-electron chi connectivity index (χ4n) is 3.45. The van der Waals surface area contributed by atoms with Gasteiger partial charge in [0.25, 0.3) is 0 Å². The summed E-state index contributed by atoms with van der Waals surface area (Å²) in [6, 6.07) is 29.8. The molecule has 0 radical (unpaired) electrons. The Kier molecular flexibility index (Phi) is 6.99. The maximum Gasteiger partial charge on any atom is 0.343 e. The number of benzene rings is 4. The van der Waals surface area contributed by atoms with Gasteiger partial charge in [0, 0.05) is 5.56 Å². The number of allylic oxidation sites excluding steroid dienone is 1. The van der Waals surface area contributed by atoms with Crippen LogP contribution in [-0.2, 0) is 0 Å². The van der Waals surface area contributed by atoms with Crippen molar-refractivity contribution in [3.8, 4) is 22.6 Å². The topological polar surface area (TPSA) is 52.6 Å². The van der Waals surface area contributed by atoms with Crippen LogP contribution >= 0.6 is 0 Å². The molecule has 4 aromatic carbocycles. The van der Waals surface area contributed by atoms with Crippen LogP contribution in [0.25, 0.3) is 17.2 Å². The van der Waals surface area contributed by atoms with Gasteiger partial charge in [-0.2, -0.15) is 0 Å². The highest BCUT2D eigenvalue weighted by atomic mass is 16.6. The van der Waals surface area contributed by atoms with E-state index in [1.165, 1.54) is 13.2 Å². The highest BCUT2D eigenvalue weighted by Crippen LogP contribution is 2.29. The number of methoxy groups -OCH3 is 1. The van der Waals surface area contributed by atoms with Crippen LogP contribution in [0.4, 0.5) is 0 Å². The molecule has 0 amide bonds. The van der Waals surface area contributed by atoms with Crippen LogP contribution in [-0.4, -0.2) is 18.9 Å². The largest absolute Gasteiger partial charge is 0.493 e. The molecule has 4 heteroatoms. The van der Waals surface area contributed by atoms with Crippen LogP contribution in [0.15, 0.2) is 103 Å². The van der Waals surface area contributed by atoms with Crippen LogP contribution < -0.4 is 9.47 Å². The zero-order chi connectivity index (χ0) is 23.9. The highest BCUT2D eigenvalue weighted by molar-refractivity contribution is 6.07. The molecule has 0 N–H and O–H groups in total. The van der Waals surface area contributed by atoms with Gasteiger partial charge in [-0.15, -0.1) is 0 Å². The van der Waals surface area contributed by atoms with Crippen molar-refractivity contribution in [2.75, 3.05) is 7.11 Å². The van der Waals surface area contributed by atoms with Crippen molar-refractivity contribution in [3.05, 3.63) is 125 Å². The minimum absolute atomic E-state index is 0.103. The molecule has 0 heterocycles. The van der Waals surface area contributed by atoms with Gasteiger partial charge in [0.15, 0.2) is 17.3 Å². The second kappa shape index (κ2) is 10.5. The minimum atomic E-state index is -0.462. The van der Waals surface area contributed by atoms with Crippen molar-refractivity contribution in [1.29, 1.82) is 0 Å². The molecule has 4 nitrogen and oxygen atoms in total. The molecular formula is C30H24O4. The summed E-state index contributed by atoms with van der Waals surface area (Å²) in [5.74, 6) is 0.152. The Balaban J connectivity index is 1.45. The number of carbonyl (C=O) groups is 2. The number of carbonyl (C=O) groups excluding carboxylic acids is 2. The maximum atomic E-state index is 12.6. The molecule has 0 saturated carbocycles. The Hall–Kier alpha value is -4.44. The molecule has 0 unspecified atom stereocenters. The van der Waals surface area contributed by atoms with Gasteiger partial charge < -0.3 is 9.47 Å². The molecule has 4 aromatic rings. The molecule has 0 aliphatic heterocycles. The normalized spacial score (nSPS) is 10.8. The summed E-state index contributed by atoms with van der Waals surface area (Å²) < 4.78 is 10.9. The van der Waals surface area contributed by atoms with E-state index in [1.54, 1.807) is 36.4 Å². The fourth-order valence-corrected chi connectivity index (χ4v) is 3.45. The first-order valence-electron chi connectivity index (χ1n) is 10.9. The van der Waals surface area contributed by atoms with Crippen molar-refractivity contribution in [2.45, 2.75) is 6.92 Å². The van der Waals surface area contributed by atoms with E-state index in [0.717, 1.165) is 22.3 Å². The molecule has 0 aliphatic rings. The maximum absolute atomic E-state index is 12.6. The third kappa shape index (κ3) is 5.48. The summed E-state index contributed by atoms with van der Waals surface area (Å²) >= 11 is 0. The van der Waals surface area contributed by atoms with Crippen molar-refractivity contribution in [2.24, 2.45) is 0 Å². The lowest BCUT2D eigenvalue weighted by Gasteiger charge is -2.10. The summed E-state index contributed by atoms with van der Waals surface area (Å²) in [6.07, 6.45) is 3.23. The molecule has 0 bridgehead atoms. The molecule has 0 aromatic heterocycles. The molecule has 34 heavy (non-hydrogen) atoms. The SMILES string of the molecule is COc1cc(/C=C/C(=O)c2ccc(-c3ccccc3)cc2)ccc1OC(=O)c1ccc(C)cc1. The standard InChI is InChI=1S/C30H24O4/c1-21-8-12-26(13-9-21)30(32)34-28-19-11-22(20-29(28)33-2)10-18-27(31)25-16-14-24(15-17-25)23-6-4-3-5-7-23/h3-20H,1-2H3/b18-10+. The summed E-state index contributed by atoms with van der Waals surface area (Å²) in [4.78, 5) is 25.1. The smallest absolute Gasteiger partial charge is 0.343 e. The lowest BCUT2D eigenvalue weighted by Crippen LogP contribution is -2.09. The van der Waals surface area contributed by atoms with Gasteiger partial charge in [-0.25, -0.2) is 4.79 Å². The first-order valence-corrected chi connectivity index (χ1v) is 10.9. The Morgan fingerprint density at radius 3 is 2.03 bits per heavy atom. The second-order valence-electron chi connectivity index (χ2n) is 7.81. The number of rotatable bonds is 7. The average Bonchev–Trinajstić information content (AvgIpc) is 2.88. The van der Waals surface area contributed by atoms with Gasteiger partial charge in [-0.05, 0) is 54.0 Å². The van der Waals surface area contributed by atoms with Crippen LogP contribution in [0, 0.1) is 6.92 Å². The Morgan fingerprint density at radius 1 is 0.706 bits per heavy atom. The van der Waals surface area contributed by atoms with E-state index >= 15 is 0 Å². The number of hydrogen-bond acceptors (Lipinski definition) is 4. The van der Waals surface area contributed by atoms with Crippen LogP contribution in [0.2, 0.25) is 0 Å². The van der Waals surface area contributed by atoms with Gasteiger partial charge in [0.2, 0.25) is 0 Å². The van der Waals surface area contributed by atoms with Crippen LogP contribution in [0.3, 0.4) is 0 Å². The van der Waals surface area contributed by atoms with Gasteiger partial charge in [-0.1, -0.05) is 84.4 Å². The summed E-state index contributed by atoms with van der Waals surface area (Å²) in [7, 11) is 1.51. The predicted octanol–water partition coefficient (Wildman–Crippen LogP) is 6.79. The minimum Gasteiger partial charge on any atom is -0.493 e. The number of ketones is 1. The second-order valence-corrected chi connectivity index (χ2v) is 7.81. The number of ether oxygens (including phenoxy) is 2. The summed E-state index contributed by atoms with van der Waals surface area (Å²) in [5.41, 5.74) is 5.04. The number of hydrogen-bond donors (Lipinski definition) is 0. The van der Waals surface area contributed by atoms with Gasteiger partial charge in [-0.3, -0.25) is 4.79 Å². The lowest BCUT2D eigenvalue weighted by molar-refractivity contribution is 0.0729. The fraction of sp³-hybridized carbons (Fsp3) is 0.0667. The van der Waals surface area contributed by atoms with E-state index in [4.69, 9.17) is 9.47 Å². The number of aryl methyl sites for hydroxylation is 1. The van der Waals surface area contributed by atoms with E-state index in [9.17, 15) is 9.59 Å². The third-order valence-electron chi connectivity index (χ3n) is 5.38. The highest BCUT2D eigenvalue weighted by Gasteiger charge is 2.13. The molecule has 0 spiro atoms. The van der Waals surface area contributed by atoms with E-state index in [0.29, 0.717) is 22.6 Å². The van der Waals surface area contributed by atoms with Crippen molar-refractivity contribution < 1.29 is 19.1 Å². The molecule has 0 atom stereocenters. The third-order valence-corrected chi connectivity index (χ3v) is 5.38. The molecule has 4 rings (SSSR count). The van der Waals surface area contributed by atoms with E-state index < -0.39 is 5.97 Å². The van der Waals surface area contributed by atoms with Gasteiger partial charge >= 0.3 is 5.97 Å². The lowest BCUT2D eigenvalue weighted by atomic mass is 10.0. The van der Waals surface area contributed by atoms with E-state index in [-0.39, 0.29) is 5.78 Å². The first-order chi connectivity index (χ1) is 16.5. The monoisotopic (exact) mass is 448 g/mol. The average molecular weight is 449 g/mol. The quantitative estimate of drug-likeness (QED) is 0.135. The number of esters is 1. The molecule has 0 saturated heterocycles. The van der Waals surface area contributed by atoms with Crippen molar-refractivity contribution in [3.63, 3.8) is 0 Å². The Morgan fingerprint density at radius 2 is 1.35 bits per heavy atom. The molecular weight excluding hydrogens is 424 g/mol. The van der Waals surface area contributed by atoms with E-state index in [1.807, 2.05) is 73.7 Å². The van der Waals surface area contributed by atoms with Crippen LogP contribution in [0.1, 0.15) is 31.8 Å². The van der Waals surface area contributed by atoms with Gasteiger partial charge in [0.05, 0.1) is 12.7 Å².